The molecular weight excluding hydrogens is 286 g/mol. The van der Waals surface area contributed by atoms with Gasteiger partial charge in [0.25, 0.3) is 10.2 Å². The van der Waals surface area contributed by atoms with Gasteiger partial charge >= 0.3 is 0 Å². The molecule has 6 heteroatoms. The van der Waals surface area contributed by atoms with Crippen LogP contribution < -0.4 is 5.32 Å². The van der Waals surface area contributed by atoms with Crippen LogP contribution >= 0.6 is 0 Å². The van der Waals surface area contributed by atoms with Crippen LogP contribution in [0.4, 0.5) is 0 Å². The minimum atomic E-state index is -3.29. The molecule has 0 aromatic carbocycles. The van der Waals surface area contributed by atoms with E-state index in [9.17, 15) is 8.42 Å². The Morgan fingerprint density at radius 1 is 1.14 bits per heavy atom. The minimum Gasteiger partial charge on any atom is -0.313 e. The number of rotatable bonds is 5. The van der Waals surface area contributed by atoms with Crippen molar-refractivity contribution < 1.29 is 8.42 Å². The van der Waals surface area contributed by atoms with Gasteiger partial charge < -0.3 is 5.32 Å². The molecule has 0 spiro atoms. The first-order valence-corrected chi connectivity index (χ1v) is 9.81. The molecule has 2 heterocycles. The van der Waals surface area contributed by atoms with Crippen molar-refractivity contribution in [1.29, 1.82) is 0 Å². The molecule has 5 nitrogen and oxygen atoms in total. The molecule has 1 N–H and O–H groups in total. The van der Waals surface area contributed by atoms with Crippen LogP contribution in [0, 0.1) is 5.92 Å². The Morgan fingerprint density at radius 2 is 1.90 bits per heavy atom. The van der Waals surface area contributed by atoms with E-state index in [2.05, 4.69) is 26.1 Å². The molecule has 0 aliphatic carbocycles. The lowest BCUT2D eigenvalue weighted by atomic mass is 10.0. The van der Waals surface area contributed by atoms with Gasteiger partial charge in [-0.2, -0.15) is 17.0 Å². The van der Waals surface area contributed by atoms with Crippen molar-refractivity contribution in [2.24, 2.45) is 5.92 Å². The monoisotopic (exact) mass is 317 g/mol. The SMILES string of the molecule is CC1CCCN(S(=O)(=O)N2CCCCC2CNC(C)C)C1. The lowest BCUT2D eigenvalue weighted by Gasteiger charge is -2.40. The molecule has 0 amide bonds. The zero-order valence-electron chi connectivity index (χ0n) is 13.7. The molecule has 124 valence electrons. The van der Waals surface area contributed by atoms with E-state index >= 15 is 0 Å². The smallest absolute Gasteiger partial charge is 0.282 e. The van der Waals surface area contributed by atoms with E-state index in [0.717, 1.165) is 38.6 Å². The van der Waals surface area contributed by atoms with E-state index in [1.807, 2.05) is 0 Å². The van der Waals surface area contributed by atoms with Gasteiger partial charge in [0.15, 0.2) is 0 Å². The standard InChI is InChI=1S/C15H31N3O2S/c1-13(2)16-11-15-8-4-5-10-18(15)21(19,20)17-9-6-7-14(3)12-17/h13-16H,4-12H2,1-3H3. The van der Waals surface area contributed by atoms with Crippen LogP contribution in [-0.4, -0.2) is 55.3 Å². The van der Waals surface area contributed by atoms with E-state index in [1.165, 1.54) is 0 Å². The maximum absolute atomic E-state index is 13.0. The number of piperidine rings is 2. The van der Waals surface area contributed by atoms with Crippen LogP contribution in [-0.2, 0) is 10.2 Å². The zero-order valence-corrected chi connectivity index (χ0v) is 14.5. The van der Waals surface area contributed by atoms with E-state index in [1.54, 1.807) is 8.61 Å². The average Bonchev–Trinajstić information content (AvgIpc) is 2.45. The first-order valence-electron chi connectivity index (χ1n) is 8.41. The van der Waals surface area contributed by atoms with Crippen LogP contribution in [0.5, 0.6) is 0 Å². The Balaban J connectivity index is 2.07. The maximum atomic E-state index is 13.0. The third kappa shape index (κ3) is 4.41. The highest BCUT2D eigenvalue weighted by molar-refractivity contribution is 7.86. The molecule has 2 saturated heterocycles. The van der Waals surface area contributed by atoms with Crippen LogP contribution in [0.3, 0.4) is 0 Å². The minimum absolute atomic E-state index is 0.114. The summed E-state index contributed by atoms with van der Waals surface area (Å²) in [5.41, 5.74) is 0. The van der Waals surface area contributed by atoms with Gasteiger partial charge in [0, 0.05) is 38.3 Å². The second-order valence-corrected chi connectivity index (χ2v) is 8.82. The summed E-state index contributed by atoms with van der Waals surface area (Å²) in [7, 11) is -3.29. The summed E-state index contributed by atoms with van der Waals surface area (Å²) in [6.07, 6.45) is 5.23. The van der Waals surface area contributed by atoms with E-state index < -0.39 is 10.2 Å². The Bertz CT molecular complexity index is 425. The Morgan fingerprint density at radius 3 is 2.57 bits per heavy atom. The topological polar surface area (TPSA) is 52.7 Å². The first kappa shape index (κ1) is 17.2. The van der Waals surface area contributed by atoms with Crippen molar-refractivity contribution in [3.8, 4) is 0 Å². The average molecular weight is 317 g/mol. The Hall–Kier alpha value is -0.170. The molecular formula is C15H31N3O2S. The van der Waals surface area contributed by atoms with Gasteiger partial charge in [-0.05, 0) is 31.6 Å². The first-order chi connectivity index (χ1) is 9.91. The molecule has 2 atom stereocenters. The summed E-state index contributed by atoms with van der Waals surface area (Å²) < 4.78 is 29.4. The van der Waals surface area contributed by atoms with Gasteiger partial charge in [0.2, 0.25) is 0 Å². The third-order valence-corrected chi connectivity index (χ3v) is 6.63. The molecule has 0 saturated carbocycles. The summed E-state index contributed by atoms with van der Waals surface area (Å²) in [4.78, 5) is 0. The predicted octanol–water partition coefficient (Wildman–Crippen LogP) is 1.82. The highest BCUT2D eigenvalue weighted by Crippen LogP contribution is 2.26. The fourth-order valence-electron chi connectivity index (χ4n) is 3.36. The van der Waals surface area contributed by atoms with E-state index in [4.69, 9.17) is 0 Å². The molecule has 2 rings (SSSR count). The van der Waals surface area contributed by atoms with Crippen LogP contribution in [0.1, 0.15) is 52.9 Å². The van der Waals surface area contributed by atoms with Crippen LogP contribution in [0.15, 0.2) is 0 Å². The number of hydrogen-bond donors (Lipinski definition) is 1. The zero-order chi connectivity index (χ0) is 15.5. The van der Waals surface area contributed by atoms with Gasteiger partial charge in [0.1, 0.15) is 0 Å². The molecule has 2 fully saturated rings. The van der Waals surface area contributed by atoms with Crippen molar-refractivity contribution in [2.45, 2.75) is 65.0 Å². The molecule has 0 radical (unpaired) electrons. The van der Waals surface area contributed by atoms with Crippen molar-refractivity contribution in [2.75, 3.05) is 26.2 Å². The molecule has 0 aromatic heterocycles. The van der Waals surface area contributed by atoms with Gasteiger partial charge in [-0.1, -0.05) is 27.2 Å². The second-order valence-electron chi connectivity index (χ2n) is 6.94. The van der Waals surface area contributed by atoms with Crippen molar-refractivity contribution in [3.05, 3.63) is 0 Å². The van der Waals surface area contributed by atoms with Crippen molar-refractivity contribution >= 4 is 10.2 Å². The van der Waals surface area contributed by atoms with E-state index in [-0.39, 0.29) is 6.04 Å². The van der Waals surface area contributed by atoms with Gasteiger partial charge in [-0.3, -0.25) is 0 Å². The maximum Gasteiger partial charge on any atom is 0.282 e. The fourth-order valence-corrected chi connectivity index (χ4v) is 5.37. The van der Waals surface area contributed by atoms with Gasteiger partial charge in [-0.15, -0.1) is 0 Å². The lowest BCUT2D eigenvalue weighted by Crippen LogP contribution is -2.55. The third-order valence-electron chi connectivity index (χ3n) is 4.58. The number of nitrogens with one attached hydrogen (secondary N) is 1. The quantitative estimate of drug-likeness (QED) is 0.841. The van der Waals surface area contributed by atoms with Crippen LogP contribution in [0.2, 0.25) is 0 Å². The molecule has 2 aliphatic heterocycles. The molecule has 2 aliphatic rings. The molecule has 0 aromatic rings. The second kappa shape index (κ2) is 7.40. The largest absolute Gasteiger partial charge is 0.313 e. The number of nitrogens with zero attached hydrogens (tertiary/aromatic N) is 2. The highest BCUT2D eigenvalue weighted by atomic mass is 32.2. The van der Waals surface area contributed by atoms with Gasteiger partial charge in [-0.25, -0.2) is 0 Å². The Labute approximate surface area is 130 Å². The summed E-state index contributed by atoms with van der Waals surface area (Å²) in [5.74, 6) is 0.477. The van der Waals surface area contributed by atoms with Crippen molar-refractivity contribution in [3.63, 3.8) is 0 Å². The molecule has 0 bridgehead atoms. The molecule has 21 heavy (non-hydrogen) atoms. The summed E-state index contributed by atoms with van der Waals surface area (Å²) in [6.45, 7) is 9.17. The molecule has 2 unspecified atom stereocenters. The predicted molar refractivity (Wildman–Crippen MR) is 86.4 cm³/mol. The summed E-state index contributed by atoms with van der Waals surface area (Å²) >= 11 is 0. The van der Waals surface area contributed by atoms with Gasteiger partial charge in [0.05, 0.1) is 0 Å². The summed E-state index contributed by atoms with van der Waals surface area (Å²) in [5, 5.41) is 3.40. The highest BCUT2D eigenvalue weighted by Gasteiger charge is 2.37. The number of hydrogen-bond acceptors (Lipinski definition) is 3. The van der Waals surface area contributed by atoms with Crippen molar-refractivity contribution in [1.82, 2.24) is 13.9 Å². The van der Waals surface area contributed by atoms with Crippen LogP contribution in [0.25, 0.3) is 0 Å². The summed E-state index contributed by atoms with van der Waals surface area (Å²) in [6, 6.07) is 0.509. The van der Waals surface area contributed by atoms with E-state index in [0.29, 0.717) is 31.6 Å². The normalized spacial score (nSPS) is 29.9. The lowest BCUT2D eigenvalue weighted by molar-refractivity contribution is 0.205. The Kier molecular flexibility index (Phi) is 6.05. The fraction of sp³-hybridized carbons (Fsp3) is 1.00.